The molecule has 470 valence electrons. The fourth-order valence-corrected chi connectivity index (χ4v) is 10.7. The van der Waals surface area contributed by atoms with Crippen molar-refractivity contribution < 1.29 is 47.8 Å². The minimum atomic E-state index is -1.07. The lowest BCUT2D eigenvalue weighted by Crippen LogP contribution is -2.59. The third-order valence-corrected chi connectivity index (χ3v) is 16.1. The molecule has 0 aliphatic carbocycles. The smallest absolute Gasteiger partial charge is 0.251 e. The molecule has 2 heterocycles. The summed E-state index contributed by atoms with van der Waals surface area (Å²) in [7, 11) is 3.28. The van der Waals surface area contributed by atoms with Gasteiger partial charge in [0, 0.05) is 36.3 Å². The number of ether oxygens (including phenoxy) is 2. The Balaban J connectivity index is 1.08. The van der Waals surface area contributed by atoms with Gasteiger partial charge in [0.15, 0.2) is 0 Å². The number of amides is 8. The second-order valence-corrected chi connectivity index (χ2v) is 25.0. The molecule has 8 N–H and O–H groups in total. The second-order valence-electron chi connectivity index (χ2n) is 25.0. The molecule has 0 bridgehead atoms. The highest BCUT2D eigenvalue weighted by Crippen LogP contribution is 2.30. The average molecular weight is 1210 g/mol. The second kappa shape index (κ2) is 31.1. The van der Waals surface area contributed by atoms with Crippen molar-refractivity contribution in [3.63, 3.8) is 0 Å². The molecular weight excluding hydrogens is 1120 g/mol. The van der Waals surface area contributed by atoms with E-state index in [1.807, 2.05) is 163 Å². The quantitative estimate of drug-likeness (QED) is 0.0341. The van der Waals surface area contributed by atoms with Crippen molar-refractivity contribution in [3.05, 3.63) is 179 Å². The number of likely N-dealkylation sites (tertiary alicyclic amines) is 2. The van der Waals surface area contributed by atoms with Gasteiger partial charge in [0.1, 0.15) is 24.2 Å². The zero-order valence-corrected chi connectivity index (χ0v) is 52.3. The van der Waals surface area contributed by atoms with Crippen molar-refractivity contribution in [2.45, 2.75) is 142 Å². The largest absolute Gasteiger partial charge is 0.374 e. The van der Waals surface area contributed by atoms with E-state index in [0.717, 1.165) is 22.3 Å². The molecule has 0 spiro atoms. The summed E-state index contributed by atoms with van der Waals surface area (Å²) >= 11 is 0. The molecule has 0 saturated carbocycles. The first-order valence-electron chi connectivity index (χ1n) is 30.2. The third-order valence-electron chi connectivity index (χ3n) is 16.1. The summed E-state index contributed by atoms with van der Waals surface area (Å²) in [5.74, 6) is -3.76. The lowest BCUT2D eigenvalue weighted by molar-refractivity contribution is -0.144. The molecular formula is C68H88N10O10. The predicted molar refractivity (Wildman–Crippen MR) is 336 cm³/mol. The van der Waals surface area contributed by atoms with Gasteiger partial charge in [-0.2, -0.15) is 0 Å². The highest BCUT2D eigenvalue weighted by atomic mass is 16.5. The van der Waals surface area contributed by atoms with E-state index in [1.54, 1.807) is 27.9 Å². The Hall–Kier alpha value is -8.30. The minimum Gasteiger partial charge on any atom is -0.374 e. The monoisotopic (exact) mass is 1200 g/mol. The average Bonchev–Trinajstić information content (AvgIpc) is 4.16. The maximum absolute atomic E-state index is 14.9. The van der Waals surface area contributed by atoms with Crippen LogP contribution >= 0.6 is 0 Å². The van der Waals surface area contributed by atoms with E-state index < -0.39 is 119 Å². The Morgan fingerprint density at radius 3 is 1.09 bits per heavy atom. The molecule has 88 heavy (non-hydrogen) atoms. The van der Waals surface area contributed by atoms with Gasteiger partial charge in [0.05, 0.1) is 50.6 Å². The number of hydrogen-bond donors (Lipinski definition) is 8. The fourth-order valence-electron chi connectivity index (χ4n) is 10.7. The van der Waals surface area contributed by atoms with Gasteiger partial charge in [-0.1, -0.05) is 163 Å². The van der Waals surface area contributed by atoms with E-state index in [-0.39, 0.29) is 50.3 Å². The molecule has 2 aliphatic heterocycles. The van der Waals surface area contributed by atoms with E-state index in [2.05, 4.69) is 42.5 Å². The van der Waals surface area contributed by atoms with E-state index in [9.17, 15) is 38.4 Å². The van der Waals surface area contributed by atoms with Crippen LogP contribution < -0.4 is 42.5 Å². The van der Waals surface area contributed by atoms with E-state index in [1.165, 1.54) is 34.1 Å². The molecule has 20 nitrogen and oxygen atoms in total. The Bertz CT molecular complexity index is 2930. The summed E-state index contributed by atoms with van der Waals surface area (Å²) < 4.78 is 12.3. The normalized spacial score (nSPS) is 18.8. The lowest BCUT2D eigenvalue weighted by Gasteiger charge is -2.36. The Labute approximate surface area is 517 Å². The van der Waals surface area contributed by atoms with Crippen molar-refractivity contribution in [3.8, 4) is 0 Å². The van der Waals surface area contributed by atoms with Crippen LogP contribution in [0.2, 0.25) is 0 Å². The molecule has 20 heteroatoms. The summed E-state index contributed by atoms with van der Waals surface area (Å²) in [6, 6.07) is 35.9. The number of carbonyl (C=O) groups excluding carboxylic acids is 8. The van der Waals surface area contributed by atoms with Crippen LogP contribution in [0.25, 0.3) is 0 Å². The van der Waals surface area contributed by atoms with Gasteiger partial charge in [0.2, 0.25) is 35.4 Å². The first-order valence-corrected chi connectivity index (χ1v) is 30.2. The standard InChI is InChI=1S/C68H88N10O10/c1-43(69-9)59(79)75-57(67(3,4)5)65(85)77-37-51(35-55(77)63(83)73-53(47-27-19-13-20-28-47)41-87-39-45-23-15-11-16-24-45)71-61(81)49-31-33-50(34-32-49)62(82)72-52-36-56(78(38-52)66(86)58(68(6,7)8)76-60(80)44(2)70-10)64(84)74-54(48-29-21-14-22-30-48)42-88-40-46-25-17-12-18-26-46/h11-34,43-44,51-58,69-70H,35-42H2,1-10H3,(H,71,81)(H,72,82)(H,73,83)(H,74,84)(H,75,79)(H,76,80)/t43-,44-,51-,52-,53-,54-,55-,56-,57+,58+/m0/s1. The molecule has 5 aromatic carbocycles. The topological polar surface area (TPSA) is 258 Å². The highest BCUT2D eigenvalue weighted by molar-refractivity contribution is 5.99. The van der Waals surface area contributed by atoms with Crippen molar-refractivity contribution in [2.75, 3.05) is 40.4 Å². The van der Waals surface area contributed by atoms with Crippen LogP contribution in [0.4, 0.5) is 0 Å². The van der Waals surface area contributed by atoms with Crippen molar-refractivity contribution in [1.29, 1.82) is 0 Å². The summed E-state index contributed by atoms with van der Waals surface area (Å²) in [6.07, 6.45) is 0.0848. The van der Waals surface area contributed by atoms with Crippen LogP contribution in [-0.2, 0) is 51.5 Å². The van der Waals surface area contributed by atoms with Gasteiger partial charge in [-0.3, -0.25) is 38.4 Å². The first-order chi connectivity index (χ1) is 41.9. The number of likely N-dealkylation sites (N-methyl/N-ethyl adjacent to an activating group) is 2. The first kappa shape index (κ1) is 67.2. The summed E-state index contributed by atoms with van der Waals surface area (Å²) in [5.41, 5.74) is 2.30. The highest BCUT2D eigenvalue weighted by Gasteiger charge is 2.48. The van der Waals surface area contributed by atoms with Crippen LogP contribution in [0.3, 0.4) is 0 Å². The van der Waals surface area contributed by atoms with Crippen molar-refractivity contribution in [1.82, 2.24) is 52.3 Å². The van der Waals surface area contributed by atoms with Gasteiger partial charge >= 0.3 is 0 Å². The molecule has 2 aliphatic rings. The van der Waals surface area contributed by atoms with Crippen LogP contribution in [0.1, 0.15) is 123 Å². The summed E-state index contributed by atoms with van der Waals surface area (Å²) in [6.45, 7) is 15.1. The minimum absolute atomic E-state index is 0.0424. The van der Waals surface area contributed by atoms with Crippen molar-refractivity contribution >= 4 is 47.3 Å². The fraction of sp³-hybridized carbons (Fsp3) is 0.441. The number of benzene rings is 5. The van der Waals surface area contributed by atoms with Gasteiger partial charge in [0.25, 0.3) is 11.8 Å². The van der Waals surface area contributed by atoms with E-state index >= 15 is 0 Å². The Morgan fingerprint density at radius 1 is 0.466 bits per heavy atom. The molecule has 0 aromatic heterocycles. The summed E-state index contributed by atoms with van der Waals surface area (Å²) in [4.78, 5) is 117. The van der Waals surface area contributed by atoms with Gasteiger partial charge in [-0.25, -0.2) is 0 Å². The molecule has 10 atom stereocenters. The zero-order valence-electron chi connectivity index (χ0n) is 52.3. The molecule has 7 rings (SSSR count). The van der Waals surface area contributed by atoms with Gasteiger partial charge in [-0.15, -0.1) is 0 Å². The van der Waals surface area contributed by atoms with E-state index in [4.69, 9.17) is 9.47 Å². The Kier molecular flexibility index (Phi) is 23.7. The summed E-state index contributed by atoms with van der Waals surface area (Å²) in [5, 5.41) is 24.0. The molecule has 8 amide bonds. The van der Waals surface area contributed by atoms with E-state index in [0.29, 0.717) is 13.2 Å². The molecule has 5 aromatic rings. The number of hydrogen-bond acceptors (Lipinski definition) is 12. The number of nitrogens with one attached hydrogen (secondary N) is 8. The maximum atomic E-state index is 14.9. The van der Waals surface area contributed by atoms with Crippen LogP contribution in [0, 0.1) is 10.8 Å². The molecule has 0 radical (unpaired) electrons. The Morgan fingerprint density at radius 2 is 0.784 bits per heavy atom. The van der Waals surface area contributed by atoms with Gasteiger partial charge < -0.3 is 61.8 Å². The van der Waals surface area contributed by atoms with Crippen LogP contribution in [0.5, 0.6) is 0 Å². The van der Waals surface area contributed by atoms with Crippen LogP contribution in [-0.4, -0.2) is 146 Å². The molecule has 2 saturated heterocycles. The predicted octanol–water partition coefficient (Wildman–Crippen LogP) is 5.51. The number of rotatable bonds is 26. The number of nitrogens with zero attached hydrogens (tertiary/aromatic N) is 2. The zero-order chi connectivity index (χ0) is 63.7. The third kappa shape index (κ3) is 18.4. The van der Waals surface area contributed by atoms with Crippen LogP contribution in [0.15, 0.2) is 146 Å². The number of carbonyl (C=O) groups is 8. The lowest BCUT2D eigenvalue weighted by atomic mass is 9.85. The van der Waals surface area contributed by atoms with Crippen molar-refractivity contribution in [2.24, 2.45) is 10.8 Å². The molecule has 2 fully saturated rings. The van der Waals surface area contributed by atoms with Gasteiger partial charge in [-0.05, 0) is 98.1 Å². The molecule has 0 unspecified atom stereocenters. The maximum Gasteiger partial charge on any atom is 0.251 e. The SMILES string of the molecule is CN[C@@H](C)C(=O)N[C@H](C(=O)N1C[C@@H](NC(=O)c2ccc(C(=O)N[C@H]3C[C@@H](C(=O)N[C@@H](COCc4ccccc4)c4ccccc4)N(C(=O)[C@@H](NC(=O)[C@H](C)NC)C(C)(C)C)C3)cc2)C[C@H]1C(=O)N[C@@H](COCc1ccccc1)c1ccccc1)C(C)(C)C.